The molecule has 0 saturated heterocycles. The maximum absolute atomic E-state index is 5.64. The van der Waals surface area contributed by atoms with Gasteiger partial charge in [-0.05, 0) is 13.0 Å². The SMILES string of the molecule is Cc1occc1SCc1cnc(Cl)cn1. The molecule has 5 heteroatoms. The fourth-order valence-electron chi connectivity index (χ4n) is 1.09. The minimum atomic E-state index is 0.420. The Bertz CT molecular complexity index is 441. The van der Waals surface area contributed by atoms with Gasteiger partial charge < -0.3 is 4.42 Å². The lowest BCUT2D eigenvalue weighted by atomic mass is 10.5. The van der Waals surface area contributed by atoms with Gasteiger partial charge in [0.15, 0.2) is 0 Å². The van der Waals surface area contributed by atoms with E-state index in [0.717, 1.165) is 22.1 Å². The lowest BCUT2D eigenvalue weighted by Crippen LogP contribution is -1.88. The van der Waals surface area contributed by atoms with Crippen LogP contribution in [-0.4, -0.2) is 9.97 Å². The predicted octanol–water partition coefficient (Wildman–Crippen LogP) is 3.32. The summed E-state index contributed by atoms with van der Waals surface area (Å²) in [5, 5.41) is 0.420. The molecule has 0 radical (unpaired) electrons. The largest absolute Gasteiger partial charge is 0.468 e. The number of rotatable bonds is 3. The van der Waals surface area contributed by atoms with Gasteiger partial charge >= 0.3 is 0 Å². The molecule has 78 valence electrons. The normalized spacial score (nSPS) is 10.5. The van der Waals surface area contributed by atoms with Crippen molar-refractivity contribution in [3.63, 3.8) is 0 Å². The van der Waals surface area contributed by atoms with E-state index in [1.54, 1.807) is 30.4 Å². The quantitative estimate of drug-likeness (QED) is 0.772. The molecule has 0 amide bonds. The molecule has 2 aromatic heterocycles. The van der Waals surface area contributed by atoms with Gasteiger partial charge in [-0.25, -0.2) is 4.98 Å². The van der Waals surface area contributed by atoms with Crippen LogP contribution < -0.4 is 0 Å². The lowest BCUT2D eigenvalue weighted by Gasteiger charge is -1.99. The summed E-state index contributed by atoms with van der Waals surface area (Å²) >= 11 is 7.31. The summed E-state index contributed by atoms with van der Waals surface area (Å²) in [6.07, 6.45) is 4.93. The molecule has 0 aromatic carbocycles. The molecular weight excluding hydrogens is 232 g/mol. The van der Waals surface area contributed by atoms with Crippen molar-refractivity contribution in [3.05, 3.63) is 41.3 Å². The highest BCUT2D eigenvalue weighted by Gasteiger charge is 2.03. The third kappa shape index (κ3) is 2.73. The van der Waals surface area contributed by atoms with Crippen LogP contribution in [0.1, 0.15) is 11.5 Å². The standard InChI is InChI=1S/C10H9ClN2OS/c1-7-9(2-3-14-7)15-6-8-4-13-10(11)5-12-8/h2-5H,6H2,1H3. The van der Waals surface area contributed by atoms with Crippen LogP contribution in [0.3, 0.4) is 0 Å². The maximum atomic E-state index is 5.64. The zero-order chi connectivity index (χ0) is 10.7. The molecule has 15 heavy (non-hydrogen) atoms. The second-order valence-electron chi connectivity index (χ2n) is 2.96. The summed E-state index contributed by atoms with van der Waals surface area (Å²) in [6.45, 7) is 1.94. The molecule has 0 aliphatic rings. The van der Waals surface area contributed by atoms with Crippen molar-refractivity contribution in [2.24, 2.45) is 0 Å². The first-order chi connectivity index (χ1) is 7.25. The van der Waals surface area contributed by atoms with Gasteiger partial charge in [0.25, 0.3) is 0 Å². The first-order valence-corrected chi connectivity index (χ1v) is 5.75. The van der Waals surface area contributed by atoms with E-state index in [1.165, 1.54) is 0 Å². The summed E-state index contributed by atoms with van der Waals surface area (Å²) in [7, 11) is 0. The number of thioether (sulfide) groups is 1. The van der Waals surface area contributed by atoms with Crippen LogP contribution >= 0.6 is 23.4 Å². The highest BCUT2D eigenvalue weighted by Crippen LogP contribution is 2.25. The fraction of sp³-hybridized carbons (Fsp3) is 0.200. The van der Waals surface area contributed by atoms with Gasteiger partial charge in [0.1, 0.15) is 10.9 Å². The zero-order valence-electron chi connectivity index (χ0n) is 8.11. The van der Waals surface area contributed by atoms with Crippen molar-refractivity contribution in [3.8, 4) is 0 Å². The Balaban J connectivity index is 1.99. The number of nitrogens with zero attached hydrogens (tertiary/aromatic N) is 2. The Morgan fingerprint density at radius 3 is 2.87 bits per heavy atom. The van der Waals surface area contributed by atoms with E-state index in [4.69, 9.17) is 16.0 Å². The summed E-state index contributed by atoms with van der Waals surface area (Å²) in [5.74, 6) is 1.70. The predicted molar refractivity (Wildman–Crippen MR) is 60.0 cm³/mol. The van der Waals surface area contributed by atoms with E-state index in [2.05, 4.69) is 9.97 Å². The number of hydrogen-bond acceptors (Lipinski definition) is 4. The van der Waals surface area contributed by atoms with E-state index in [-0.39, 0.29) is 0 Å². The first-order valence-electron chi connectivity index (χ1n) is 4.39. The molecule has 0 aliphatic heterocycles. The Labute approximate surface area is 96.9 Å². The van der Waals surface area contributed by atoms with Crippen molar-refractivity contribution in [2.75, 3.05) is 0 Å². The number of aryl methyl sites for hydroxylation is 1. The molecule has 2 rings (SSSR count). The minimum Gasteiger partial charge on any atom is -0.468 e. The van der Waals surface area contributed by atoms with Gasteiger partial charge in [0, 0.05) is 10.6 Å². The Morgan fingerprint density at radius 2 is 2.27 bits per heavy atom. The van der Waals surface area contributed by atoms with E-state index in [1.807, 2.05) is 13.0 Å². The number of hydrogen-bond donors (Lipinski definition) is 0. The third-order valence-corrected chi connectivity index (χ3v) is 3.23. The van der Waals surface area contributed by atoms with Crippen LogP contribution in [-0.2, 0) is 5.75 Å². The molecule has 2 aromatic rings. The summed E-state index contributed by atoms with van der Waals surface area (Å²) in [5.41, 5.74) is 0.907. The number of halogens is 1. The van der Waals surface area contributed by atoms with Crippen LogP contribution in [0.4, 0.5) is 0 Å². The average Bonchev–Trinajstić information content (AvgIpc) is 2.63. The Hall–Kier alpha value is -1.00. The van der Waals surface area contributed by atoms with Crippen LogP contribution in [0.2, 0.25) is 5.15 Å². The Kier molecular flexibility index (Phi) is 3.28. The van der Waals surface area contributed by atoms with Crippen molar-refractivity contribution in [1.29, 1.82) is 0 Å². The van der Waals surface area contributed by atoms with E-state index in [0.29, 0.717) is 5.15 Å². The second kappa shape index (κ2) is 4.68. The smallest absolute Gasteiger partial charge is 0.147 e. The van der Waals surface area contributed by atoms with Gasteiger partial charge in [-0.1, -0.05) is 11.6 Å². The van der Waals surface area contributed by atoms with E-state index in [9.17, 15) is 0 Å². The molecule has 0 saturated carbocycles. The summed E-state index contributed by atoms with van der Waals surface area (Å²) < 4.78 is 5.19. The molecule has 0 unspecified atom stereocenters. The zero-order valence-corrected chi connectivity index (χ0v) is 9.68. The molecule has 2 heterocycles. The van der Waals surface area contributed by atoms with Gasteiger partial charge in [0.05, 0.1) is 24.4 Å². The van der Waals surface area contributed by atoms with Gasteiger partial charge in [-0.15, -0.1) is 11.8 Å². The molecule has 0 N–H and O–H groups in total. The number of aromatic nitrogens is 2. The average molecular weight is 241 g/mol. The molecule has 0 fully saturated rings. The van der Waals surface area contributed by atoms with Crippen molar-refractivity contribution in [2.45, 2.75) is 17.6 Å². The summed E-state index contributed by atoms with van der Waals surface area (Å²) in [4.78, 5) is 9.26. The molecule has 0 bridgehead atoms. The second-order valence-corrected chi connectivity index (χ2v) is 4.36. The highest BCUT2D eigenvalue weighted by atomic mass is 35.5. The lowest BCUT2D eigenvalue weighted by molar-refractivity contribution is 0.527. The van der Waals surface area contributed by atoms with Gasteiger partial charge in [-0.3, -0.25) is 4.98 Å². The molecule has 0 atom stereocenters. The van der Waals surface area contributed by atoms with Crippen LogP contribution in [0.15, 0.2) is 34.0 Å². The third-order valence-electron chi connectivity index (χ3n) is 1.86. The first kappa shape index (κ1) is 10.5. The molecule has 3 nitrogen and oxygen atoms in total. The number of furan rings is 1. The van der Waals surface area contributed by atoms with Crippen molar-refractivity contribution >= 4 is 23.4 Å². The fourth-order valence-corrected chi connectivity index (χ4v) is 2.04. The molecular formula is C10H9ClN2OS. The minimum absolute atomic E-state index is 0.420. The van der Waals surface area contributed by atoms with Crippen LogP contribution in [0.25, 0.3) is 0 Å². The highest BCUT2D eigenvalue weighted by molar-refractivity contribution is 7.98. The Morgan fingerprint density at radius 1 is 1.40 bits per heavy atom. The summed E-state index contributed by atoms with van der Waals surface area (Å²) in [6, 6.07) is 1.95. The topological polar surface area (TPSA) is 38.9 Å². The molecule has 0 spiro atoms. The van der Waals surface area contributed by atoms with Crippen molar-refractivity contribution < 1.29 is 4.42 Å². The molecule has 0 aliphatic carbocycles. The van der Waals surface area contributed by atoms with Crippen molar-refractivity contribution in [1.82, 2.24) is 9.97 Å². The van der Waals surface area contributed by atoms with E-state index >= 15 is 0 Å². The maximum Gasteiger partial charge on any atom is 0.147 e. The van der Waals surface area contributed by atoms with E-state index < -0.39 is 0 Å². The monoisotopic (exact) mass is 240 g/mol. The van der Waals surface area contributed by atoms with Gasteiger partial charge in [-0.2, -0.15) is 0 Å². The van der Waals surface area contributed by atoms with Gasteiger partial charge in [0.2, 0.25) is 0 Å². The van der Waals surface area contributed by atoms with Crippen LogP contribution in [0.5, 0.6) is 0 Å². The van der Waals surface area contributed by atoms with Crippen LogP contribution in [0, 0.1) is 6.92 Å².